The number of anilines is 1. The van der Waals surface area contributed by atoms with Crippen molar-refractivity contribution in [2.45, 2.75) is 20.4 Å². The Morgan fingerprint density at radius 1 is 1.33 bits per heavy atom. The second-order valence-electron chi connectivity index (χ2n) is 5.02. The predicted octanol–water partition coefficient (Wildman–Crippen LogP) is 1.45. The summed E-state index contributed by atoms with van der Waals surface area (Å²) < 4.78 is 1.76. The summed E-state index contributed by atoms with van der Waals surface area (Å²) in [5, 5.41) is 10.2. The standard InChI is InChI=1S/C15H21N5O/c1-12-5-3-6-16-14(12)17-8-9-18-15(21)13(2)11-20-10-4-7-19-20/h3-7,10,13H,8-9,11H2,1-2H3,(H,16,17)(H,18,21). The summed E-state index contributed by atoms with van der Waals surface area (Å²) in [6.07, 6.45) is 5.32. The molecule has 6 heteroatoms. The molecule has 2 heterocycles. The molecule has 0 spiro atoms. The van der Waals surface area contributed by atoms with Gasteiger partial charge in [0, 0.05) is 31.7 Å². The Labute approximate surface area is 124 Å². The van der Waals surface area contributed by atoms with Gasteiger partial charge in [-0.15, -0.1) is 0 Å². The molecule has 21 heavy (non-hydrogen) atoms. The highest BCUT2D eigenvalue weighted by atomic mass is 16.1. The Morgan fingerprint density at radius 2 is 2.19 bits per heavy atom. The van der Waals surface area contributed by atoms with Gasteiger partial charge in [-0.3, -0.25) is 9.48 Å². The van der Waals surface area contributed by atoms with E-state index < -0.39 is 0 Å². The summed E-state index contributed by atoms with van der Waals surface area (Å²) in [7, 11) is 0. The van der Waals surface area contributed by atoms with Gasteiger partial charge in [0.05, 0.1) is 12.5 Å². The van der Waals surface area contributed by atoms with Crippen molar-refractivity contribution in [2.24, 2.45) is 5.92 Å². The quantitative estimate of drug-likeness (QED) is 0.756. The van der Waals surface area contributed by atoms with E-state index in [1.807, 2.05) is 38.2 Å². The molecule has 0 aromatic carbocycles. The first-order chi connectivity index (χ1) is 10.2. The van der Waals surface area contributed by atoms with Crippen LogP contribution in [0.3, 0.4) is 0 Å². The molecular formula is C15H21N5O. The maximum absolute atomic E-state index is 12.0. The van der Waals surface area contributed by atoms with E-state index in [9.17, 15) is 4.79 Å². The maximum Gasteiger partial charge on any atom is 0.224 e. The lowest BCUT2D eigenvalue weighted by atomic mass is 10.1. The first-order valence-electron chi connectivity index (χ1n) is 7.07. The van der Waals surface area contributed by atoms with Crippen LogP contribution >= 0.6 is 0 Å². The number of aromatic nitrogens is 3. The normalized spacial score (nSPS) is 11.9. The fourth-order valence-electron chi connectivity index (χ4n) is 1.98. The van der Waals surface area contributed by atoms with Crippen LogP contribution in [0.15, 0.2) is 36.8 Å². The van der Waals surface area contributed by atoms with Crippen LogP contribution in [0.1, 0.15) is 12.5 Å². The Kier molecular flexibility index (Phi) is 5.31. The Hall–Kier alpha value is -2.37. The van der Waals surface area contributed by atoms with Gasteiger partial charge < -0.3 is 10.6 Å². The van der Waals surface area contributed by atoms with Crippen LogP contribution in [-0.2, 0) is 11.3 Å². The van der Waals surface area contributed by atoms with Crippen molar-refractivity contribution in [3.05, 3.63) is 42.4 Å². The van der Waals surface area contributed by atoms with Crippen LogP contribution in [0.2, 0.25) is 0 Å². The molecule has 2 aromatic rings. The number of pyridine rings is 1. The highest BCUT2D eigenvalue weighted by molar-refractivity contribution is 5.78. The molecule has 0 saturated heterocycles. The number of amides is 1. The van der Waals surface area contributed by atoms with Crippen molar-refractivity contribution in [3.63, 3.8) is 0 Å². The van der Waals surface area contributed by atoms with Crippen molar-refractivity contribution in [1.82, 2.24) is 20.1 Å². The second kappa shape index (κ2) is 7.42. The molecule has 0 aliphatic carbocycles. The largest absolute Gasteiger partial charge is 0.368 e. The van der Waals surface area contributed by atoms with Crippen LogP contribution in [0.4, 0.5) is 5.82 Å². The number of carbonyl (C=O) groups is 1. The fourth-order valence-corrected chi connectivity index (χ4v) is 1.98. The number of rotatable bonds is 7. The summed E-state index contributed by atoms with van der Waals surface area (Å²) in [6, 6.07) is 5.75. The summed E-state index contributed by atoms with van der Waals surface area (Å²) in [4.78, 5) is 16.2. The first kappa shape index (κ1) is 15.0. The van der Waals surface area contributed by atoms with Crippen LogP contribution in [0, 0.1) is 12.8 Å². The molecule has 0 aliphatic heterocycles. The third-order valence-corrected chi connectivity index (χ3v) is 3.19. The van der Waals surface area contributed by atoms with Crippen LogP contribution < -0.4 is 10.6 Å². The van der Waals surface area contributed by atoms with E-state index in [1.54, 1.807) is 17.1 Å². The van der Waals surface area contributed by atoms with Gasteiger partial charge in [-0.25, -0.2) is 4.98 Å². The Balaban J connectivity index is 1.68. The Bertz CT molecular complexity index is 567. The number of hydrogen-bond acceptors (Lipinski definition) is 4. The van der Waals surface area contributed by atoms with Crippen LogP contribution in [0.5, 0.6) is 0 Å². The van der Waals surface area contributed by atoms with Gasteiger partial charge in [0.2, 0.25) is 5.91 Å². The van der Waals surface area contributed by atoms with E-state index in [4.69, 9.17) is 0 Å². The number of hydrogen-bond donors (Lipinski definition) is 2. The van der Waals surface area contributed by atoms with Crippen LogP contribution in [0.25, 0.3) is 0 Å². The highest BCUT2D eigenvalue weighted by Crippen LogP contribution is 2.08. The first-order valence-corrected chi connectivity index (χ1v) is 7.07. The van der Waals surface area contributed by atoms with Crippen molar-refractivity contribution < 1.29 is 4.79 Å². The lowest BCUT2D eigenvalue weighted by Gasteiger charge is -2.13. The molecule has 0 aliphatic rings. The molecule has 0 saturated carbocycles. The SMILES string of the molecule is Cc1cccnc1NCCNC(=O)C(C)Cn1cccn1. The molecule has 1 atom stereocenters. The van der Waals surface area contributed by atoms with E-state index in [1.165, 1.54) is 0 Å². The third kappa shape index (κ3) is 4.59. The van der Waals surface area contributed by atoms with E-state index in [0.29, 0.717) is 19.6 Å². The molecule has 6 nitrogen and oxygen atoms in total. The predicted molar refractivity (Wildman–Crippen MR) is 81.9 cm³/mol. The van der Waals surface area contributed by atoms with Gasteiger partial charge in [-0.05, 0) is 24.6 Å². The lowest BCUT2D eigenvalue weighted by Crippen LogP contribution is -2.34. The molecule has 2 aromatic heterocycles. The van der Waals surface area contributed by atoms with Crippen LogP contribution in [-0.4, -0.2) is 33.8 Å². The molecule has 1 amide bonds. The van der Waals surface area contributed by atoms with E-state index in [-0.39, 0.29) is 11.8 Å². The molecule has 112 valence electrons. The van der Waals surface area contributed by atoms with E-state index in [0.717, 1.165) is 11.4 Å². The fraction of sp³-hybridized carbons (Fsp3) is 0.400. The number of nitrogens with one attached hydrogen (secondary N) is 2. The maximum atomic E-state index is 12.0. The van der Waals surface area contributed by atoms with Gasteiger partial charge in [-0.2, -0.15) is 5.10 Å². The molecule has 1 unspecified atom stereocenters. The van der Waals surface area contributed by atoms with E-state index >= 15 is 0 Å². The molecule has 0 bridgehead atoms. The number of nitrogens with zero attached hydrogens (tertiary/aromatic N) is 3. The van der Waals surface area contributed by atoms with Gasteiger partial charge >= 0.3 is 0 Å². The van der Waals surface area contributed by atoms with Crippen molar-refractivity contribution in [1.29, 1.82) is 0 Å². The average molecular weight is 287 g/mol. The van der Waals surface area contributed by atoms with Crippen molar-refractivity contribution in [2.75, 3.05) is 18.4 Å². The molecule has 2 N–H and O–H groups in total. The molecule has 2 rings (SSSR count). The minimum Gasteiger partial charge on any atom is -0.368 e. The monoisotopic (exact) mass is 287 g/mol. The zero-order valence-corrected chi connectivity index (χ0v) is 12.4. The Morgan fingerprint density at radius 3 is 2.90 bits per heavy atom. The summed E-state index contributed by atoms with van der Waals surface area (Å²) >= 11 is 0. The van der Waals surface area contributed by atoms with Gasteiger partial charge in [-0.1, -0.05) is 13.0 Å². The summed E-state index contributed by atoms with van der Waals surface area (Å²) in [5.41, 5.74) is 1.09. The van der Waals surface area contributed by atoms with Gasteiger partial charge in [0.1, 0.15) is 5.82 Å². The van der Waals surface area contributed by atoms with E-state index in [2.05, 4.69) is 20.7 Å². The smallest absolute Gasteiger partial charge is 0.224 e. The van der Waals surface area contributed by atoms with Crippen molar-refractivity contribution >= 4 is 11.7 Å². The van der Waals surface area contributed by atoms with Crippen molar-refractivity contribution in [3.8, 4) is 0 Å². The van der Waals surface area contributed by atoms with Gasteiger partial charge in [0.25, 0.3) is 0 Å². The molecule has 0 radical (unpaired) electrons. The zero-order valence-electron chi connectivity index (χ0n) is 12.4. The van der Waals surface area contributed by atoms with Gasteiger partial charge in [0.15, 0.2) is 0 Å². The zero-order chi connectivity index (χ0) is 15.1. The molecule has 0 fully saturated rings. The third-order valence-electron chi connectivity index (χ3n) is 3.19. The number of aryl methyl sites for hydroxylation is 1. The summed E-state index contributed by atoms with van der Waals surface area (Å²) in [5.74, 6) is 0.780. The molecular weight excluding hydrogens is 266 g/mol. The minimum atomic E-state index is -0.110. The minimum absolute atomic E-state index is 0.0324. The average Bonchev–Trinajstić information content (AvgIpc) is 2.98. The lowest BCUT2D eigenvalue weighted by molar-refractivity contribution is -0.124. The summed E-state index contributed by atoms with van der Waals surface area (Å²) in [6.45, 7) is 5.70. The topological polar surface area (TPSA) is 71.8 Å². The highest BCUT2D eigenvalue weighted by Gasteiger charge is 2.12. The number of carbonyl (C=O) groups excluding carboxylic acids is 1. The second-order valence-corrected chi connectivity index (χ2v) is 5.02.